The molecule has 1 aromatic heterocycles. The molecule has 3 aromatic carbocycles. The zero-order valence-electron chi connectivity index (χ0n) is 19.1. The monoisotopic (exact) mass is 453 g/mol. The fourth-order valence-corrected chi connectivity index (χ4v) is 4.62. The summed E-state index contributed by atoms with van der Waals surface area (Å²) in [7, 11) is 1.62. The van der Waals surface area contributed by atoms with E-state index in [-0.39, 0.29) is 18.4 Å². The number of carbonyl (C=O) groups is 2. The van der Waals surface area contributed by atoms with E-state index in [1.54, 1.807) is 16.9 Å². The van der Waals surface area contributed by atoms with Gasteiger partial charge in [-0.3, -0.25) is 9.59 Å². The maximum absolute atomic E-state index is 13.8. The van der Waals surface area contributed by atoms with Gasteiger partial charge in [0.05, 0.1) is 7.11 Å². The second-order valence-electron chi connectivity index (χ2n) is 8.63. The lowest BCUT2D eigenvalue weighted by Gasteiger charge is -2.40. The maximum atomic E-state index is 13.8. The topological polar surface area (TPSA) is 65.6 Å². The molecular formula is C28H27N3O3. The highest BCUT2D eigenvalue weighted by Crippen LogP contribution is 2.26. The maximum Gasteiger partial charge on any atom is 0.246 e. The predicted molar refractivity (Wildman–Crippen MR) is 131 cm³/mol. The van der Waals surface area contributed by atoms with Crippen molar-refractivity contribution in [3.8, 4) is 5.75 Å². The Kier molecular flexibility index (Phi) is 6.04. The van der Waals surface area contributed by atoms with Crippen LogP contribution in [0.3, 0.4) is 0 Å². The number of carbonyl (C=O) groups excluding carboxylic acids is 2. The number of H-pyrrole nitrogens is 1. The first kappa shape index (κ1) is 21.8. The first-order valence-electron chi connectivity index (χ1n) is 11.4. The number of nitrogens with zero attached hydrogens (tertiary/aromatic N) is 2. The molecule has 0 saturated carbocycles. The van der Waals surface area contributed by atoms with Gasteiger partial charge in [0.1, 0.15) is 18.3 Å². The first-order valence-corrected chi connectivity index (χ1v) is 11.4. The van der Waals surface area contributed by atoms with Crippen molar-refractivity contribution < 1.29 is 14.3 Å². The summed E-state index contributed by atoms with van der Waals surface area (Å²) in [4.78, 5) is 33.8. The molecular weight excluding hydrogens is 426 g/mol. The quantitative estimate of drug-likeness (QED) is 0.457. The Morgan fingerprint density at radius 2 is 1.59 bits per heavy atom. The van der Waals surface area contributed by atoms with Crippen molar-refractivity contribution in [3.05, 3.63) is 102 Å². The van der Waals surface area contributed by atoms with Gasteiger partial charge in [-0.2, -0.15) is 0 Å². The summed E-state index contributed by atoms with van der Waals surface area (Å²) in [6.45, 7) is 0.870. The van der Waals surface area contributed by atoms with Gasteiger partial charge in [0.2, 0.25) is 11.8 Å². The van der Waals surface area contributed by atoms with Crippen LogP contribution >= 0.6 is 0 Å². The Morgan fingerprint density at radius 3 is 2.35 bits per heavy atom. The Bertz CT molecular complexity index is 1300. The van der Waals surface area contributed by atoms with E-state index in [4.69, 9.17) is 4.74 Å². The molecule has 34 heavy (non-hydrogen) atoms. The molecule has 0 bridgehead atoms. The highest BCUT2D eigenvalue weighted by atomic mass is 16.5. The Hall–Kier alpha value is -4.06. The molecule has 1 atom stereocenters. The van der Waals surface area contributed by atoms with Crippen LogP contribution in [0.4, 0.5) is 0 Å². The number of benzene rings is 3. The summed E-state index contributed by atoms with van der Waals surface area (Å²) >= 11 is 0. The van der Waals surface area contributed by atoms with Crippen LogP contribution in [0.25, 0.3) is 10.9 Å². The number of methoxy groups -OCH3 is 1. The Balaban J connectivity index is 1.44. The Labute approximate surface area is 198 Å². The average molecular weight is 454 g/mol. The largest absolute Gasteiger partial charge is 0.497 e. The van der Waals surface area contributed by atoms with Crippen LogP contribution in [-0.4, -0.2) is 46.3 Å². The van der Waals surface area contributed by atoms with Crippen molar-refractivity contribution in [2.75, 3.05) is 13.7 Å². The molecule has 6 nitrogen and oxygen atoms in total. The number of hydrogen-bond donors (Lipinski definition) is 1. The lowest BCUT2D eigenvalue weighted by molar-refractivity contribution is -0.157. The second-order valence-corrected chi connectivity index (χ2v) is 8.63. The normalized spacial score (nSPS) is 16.3. The zero-order valence-corrected chi connectivity index (χ0v) is 19.1. The molecule has 0 unspecified atom stereocenters. The highest BCUT2D eigenvalue weighted by Gasteiger charge is 2.39. The summed E-state index contributed by atoms with van der Waals surface area (Å²) in [5.74, 6) is 0.689. The SMILES string of the molecule is COc1ccc(CN2CC(=O)N(Cc3ccccc3)[C@@H](Cc3c[nH]c4ccccc34)C2=O)cc1. The van der Waals surface area contributed by atoms with E-state index in [0.717, 1.165) is 33.3 Å². The van der Waals surface area contributed by atoms with Gasteiger partial charge < -0.3 is 19.5 Å². The van der Waals surface area contributed by atoms with Crippen LogP contribution in [0.15, 0.2) is 85.1 Å². The van der Waals surface area contributed by atoms with Gasteiger partial charge in [-0.05, 0) is 34.9 Å². The van der Waals surface area contributed by atoms with Crippen molar-refractivity contribution >= 4 is 22.7 Å². The molecule has 1 aliphatic rings. The van der Waals surface area contributed by atoms with Crippen LogP contribution in [0.5, 0.6) is 5.75 Å². The zero-order chi connectivity index (χ0) is 23.5. The van der Waals surface area contributed by atoms with E-state index in [9.17, 15) is 9.59 Å². The third kappa shape index (κ3) is 4.39. The summed E-state index contributed by atoms with van der Waals surface area (Å²) in [5, 5.41) is 1.08. The van der Waals surface area contributed by atoms with E-state index in [0.29, 0.717) is 19.5 Å². The number of aromatic nitrogens is 1. The molecule has 5 rings (SSSR count). The van der Waals surface area contributed by atoms with Crippen LogP contribution in [0.2, 0.25) is 0 Å². The predicted octanol–water partition coefficient (Wildman–Crippen LogP) is 4.16. The number of piperazine rings is 1. The molecule has 1 aliphatic heterocycles. The van der Waals surface area contributed by atoms with Crippen molar-refractivity contribution in [3.63, 3.8) is 0 Å². The van der Waals surface area contributed by atoms with Crippen LogP contribution < -0.4 is 4.74 Å². The number of rotatable bonds is 7. The average Bonchev–Trinajstić information content (AvgIpc) is 3.28. The minimum atomic E-state index is -0.570. The molecule has 1 fully saturated rings. The molecule has 1 N–H and O–H groups in total. The summed E-state index contributed by atoms with van der Waals surface area (Å²) < 4.78 is 5.23. The molecule has 4 aromatic rings. The molecule has 0 aliphatic carbocycles. The van der Waals surface area contributed by atoms with E-state index < -0.39 is 6.04 Å². The first-order chi connectivity index (χ1) is 16.6. The van der Waals surface area contributed by atoms with E-state index in [1.807, 2.05) is 85.1 Å². The third-order valence-corrected chi connectivity index (χ3v) is 6.44. The highest BCUT2D eigenvalue weighted by molar-refractivity contribution is 5.95. The molecule has 172 valence electrons. The number of para-hydroxylation sites is 1. The standard InChI is InChI=1S/C28H27N3O3/c1-34-23-13-11-21(12-14-23)17-30-19-27(32)31(18-20-7-3-2-4-8-20)26(28(30)33)15-22-16-29-25-10-6-5-9-24(22)25/h2-14,16,26,29H,15,17-19H2,1H3/t26-/m0/s1. The molecule has 1 saturated heterocycles. The summed E-state index contributed by atoms with van der Waals surface area (Å²) in [6, 6.07) is 24.9. The summed E-state index contributed by atoms with van der Waals surface area (Å²) in [6.07, 6.45) is 2.41. The number of nitrogens with one attached hydrogen (secondary N) is 1. The van der Waals surface area contributed by atoms with Crippen molar-refractivity contribution in [1.29, 1.82) is 0 Å². The Morgan fingerprint density at radius 1 is 0.882 bits per heavy atom. The van der Waals surface area contributed by atoms with E-state index >= 15 is 0 Å². The smallest absolute Gasteiger partial charge is 0.246 e. The molecule has 0 radical (unpaired) electrons. The van der Waals surface area contributed by atoms with E-state index in [2.05, 4.69) is 4.98 Å². The van der Waals surface area contributed by atoms with Crippen LogP contribution in [0.1, 0.15) is 16.7 Å². The lowest BCUT2D eigenvalue weighted by Crippen LogP contribution is -2.59. The van der Waals surface area contributed by atoms with Crippen LogP contribution in [-0.2, 0) is 29.1 Å². The van der Waals surface area contributed by atoms with Gasteiger partial charge in [0.25, 0.3) is 0 Å². The number of hydrogen-bond acceptors (Lipinski definition) is 3. The number of ether oxygens (including phenoxy) is 1. The van der Waals surface area contributed by atoms with E-state index in [1.165, 1.54) is 0 Å². The van der Waals surface area contributed by atoms with Gasteiger partial charge in [-0.1, -0.05) is 60.7 Å². The number of aromatic amines is 1. The van der Waals surface area contributed by atoms with Gasteiger partial charge in [-0.25, -0.2) is 0 Å². The van der Waals surface area contributed by atoms with Gasteiger partial charge >= 0.3 is 0 Å². The fourth-order valence-electron chi connectivity index (χ4n) is 4.62. The second kappa shape index (κ2) is 9.43. The molecule has 2 heterocycles. The minimum Gasteiger partial charge on any atom is -0.497 e. The third-order valence-electron chi connectivity index (χ3n) is 6.44. The fraction of sp³-hybridized carbons (Fsp3) is 0.214. The number of fused-ring (bicyclic) bond motifs is 1. The van der Waals surface area contributed by atoms with Gasteiger partial charge in [0.15, 0.2) is 0 Å². The van der Waals surface area contributed by atoms with Crippen molar-refractivity contribution in [2.45, 2.75) is 25.6 Å². The van der Waals surface area contributed by atoms with Gasteiger partial charge in [0, 0.05) is 36.6 Å². The molecule has 2 amide bonds. The molecule has 0 spiro atoms. The lowest BCUT2D eigenvalue weighted by atomic mass is 9.99. The van der Waals surface area contributed by atoms with Gasteiger partial charge in [-0.15, -0.1) is 0 Å². The number of amides is 2. The summed E-state index contributed by atoms with van der Waals surface area (Å²) in [5.41, 5.74) is 4.03. The van der Waals surface area contributed by atoms with Crippen molar-refractivity contribution in [1.82, 2.24) is 14.8 Å². The minimum absolute atomic E-state index is 0.0309. The van der Waals surface area contributed by atoms with Crippen LogP contribution in [0, 0.1) is 0 Å². The van der Waals surface area contributed by atoms with Crippen molar-refractivity contribution in [2.24, 2.45) is 0 Å². The molecule has 6 heteroatoms.